The number of ether oxygens (including phenoxy) is 2. The van der Waals surface area contributed by atoms with E-state index in [0.29, 0.717) is 18.4 Å². The fraction of sp³-hybridized carbons (Fsp3) is 1.00. The number of hydrogen-bond acceptors (Lipinski definition) is 3. The summed E-state index contributed by atoms with van der Waals surface area (Å²) in [4.78, 5) is 0. The van der Waals surface area contributed by atoms with Crippen LogP contribution in [0.5, 0.6) is 0 Å². The lowest BCUT2D eigenvalue weighted by molar-refractivity contribution is -0.315. The summed E-state index contributed by atoms with van der Waals surface area (Å²) in [5, 5.41) is 9.50. The van der Waals surface area contributed by atoms with Gasteiger partial charge in [0.25, 0.3) is 0 Å². The molecular weight excluding hydrogens is 180 g/mol. The highest BCUT2D eigenvalue weighted by molar-refractivity contribution is 5.13. The molecular formula is C11H18O3. The van der Waals surface area contributed by atoms with E-state index in [-0.39, 0.29) is 11.2 Å². The third kappa shape index (κ3) is 0.884. The maximum absolute atomic E-state index is 9.50. The third-order valence-electron chi connectivity index (χ3n) is 4.49. The molecule has 0 bridgehead atoms. The maximum atomic E-state index is 9.50. The molecule has 3 aliphatic rings. The van der Waals surface area contributed by atoms with E-state index in [1.807, 2.05) is 0 Å². The van der Waals surface area contributed by atoms with Crippen LogP contribution >= 0.6 is 0 Å². The first-order valence-electron chi connectivity index (χ1n) is 5.61. The normalized spacial score (nSPS) is 49.3. The van der Waals surface area contributed by atoms with Crippen molar-refractivity contribution in [2.75, 3.05) is 19.8 Å². The van der Waals surface area contributed by atoms with Crippen molar-refractivity contribution in [1.82, 2.24) is 0 Å². The molecule has 3 nitrogen and oxygen atoms in total. The molecule has 2 aliphatic carbocycles. The van der Waals surface area contributed by atoms with Crippen molar-refractivity contribution in [3.05, 3.63) is 0 Å². The van der Waals surface area contributed by atoms with Gasteiger partial charge in [0.1, 0.15) is 0 Å². The van der Waals surface area contributed by atoms with Crippen molar-refractivity contribution in [1.29, 1.82) is 0 Å². The van der Waals surface area contributed by atoms with Crippen LogP contribution in [0.25, 0.3) is 0 Å². The smallest absolute Gasteiger partial charge is 0.172 e. The SMILES string of the molecule is CC1CCC2(CO)CC3(OCCO3)C12. The van der Waals surface area contributed by atoms with Gasteiger partial charge in [-0.3, -0.25) is 0 Å². The minimum absolute atomic E-state index is 0.129. The number of fused-ring (bicyclic) bond motifs is 2. The second-order valence-electron chi connectivity index (χ2n) is 5.20. The quantitative estimate of drug-likeness (QED) is 0.687. The van der Waals surface area contributed by atoms with E-state index in [9.17, 15) is 5.11 Å². The summed E-state index contributed by atoms with van der Waals surface area (Å²) >= 11 is 0. The molecule has 3 fully saturated rings. The molecule has 0 amide bonds. The molecule has 0 aromatic rings. The lowest BCUT2D eigenvalue weighted by Gasteiger charge is -2.57. The Hall–Kier alpha value is -0.120. The summed E-state index contributed by atoms with van der Waals surface area (Å²) in [5.74, 6) is 0.759. The summed E-state index contributed by atoms with van der Waals surface area (Å²) in [5.41, 5.74) is 0.129. The highest BCUT2D eigenvalue weighted by Gasteiger charge is 2.70. The lowest BCUT2D eigenvalue weighted by Crippen LogP contribution is -2.62. The van der Waals surface area contributed by atoms with E-state index < -0.39 is 0 Å². The Bertz CT molecular complexity index is 247. The van der Waals surface area contributed by atoms with Crippen LogP contribution in [0.2, 0.25) is 0 Å². The molecule has 3 atom stereocenters. The molecule has 14 heavy (non-hydrogen) atoms. The van der Waals surface area contributed by atoms with E-state index >= 15 is 0 Å². The first-order valence-corrected chi connectivity index (χ1v) is 5.61. The summed E-state index contributed by atoms with van der Waals surface area (Å²) in [6, 6.07) is 0. The van der Waals surface area contributed by atoms with E-state index in [0.717, 1.165) is 26.1 Å². The maximum Gasteiger partial charge on any atom is 0.172 e. The van der Waals surface area contributed by atoms with E-state index in [2.05, 4.69) is 6.92 Å². The molecule has 1 spiro atoms. The van der Waals surface area contributed by atoms with Crippen LogP contribution in [-0.4, -0.2) is 30.7 Å². The molecule has 80 valence electrons. The monoisotopic (exact) mass is 198 g/mol. The van der Waals surface area contributed by atoms with Crippen LogP contribution in [0.3, 0.4) is 0 Å². The van der Waals surface area contributed by atoms with Gasteiger partial charge in [0.05, 0.1) is 13.2 Å². The second kappa shape index (κ2) is 2.71. The highest BCUT2D eigenvalue weighted by Crippen LogP contribution is 2.67. The van der Waals surface area contributed by atoms with Gasteiger partial charge in [0, 0.05) is 24.4 Å². The van der Waals surface area contributed by atoms with Gasteiger partial charge in [-0.15, -0.1) is 0 Å². The fourth-order valence-electron chi connectivity index (χ4n) is 3.99. The van der Waals surface area contributed by atoms with Crippen molar-refractivity contribution in [3.63, 3.8) is 0 Å². The van der Waals surface area contributed by atoms with Crippen molar-refractivity contribution in [3.8, 4) is 0 Å². The van der Waals surface area contributed by atoms with Gasteiger partial charge in [0.2, 0.25) is 0 Å². The number of rotatable bonds is 1. The predicted molar refractivity (Wildman–Crippen MR) is 50.7 cm³/mol. The Morgan fingerprint density at radius 1 is 1.36 bits per heavy atom. The fourth-order valence-corrected chi connectivity index (χ4v) is 3.99. The summed E-state index contributed by atoms with van der Waals surface area (Å²) < 4.78 is 11.5. The summed E-state index contributed by atoms with van der Waals surface area (Å²) in [7, 11) is 0. The van der Waals surface area contributed by atoms with Gasteiger partial charge >= 0.3 is 0 Å². The van der Waals surface area contributed by atoms with E-state index in [1.54, 1.807) is 0 Å². The van der Waals surface area contributed by atoms with Gasteiger partial charge in [-0.1, -0.05) is 6.92 Å². The molecule has 1 saturated heterocycles. The van der Waals surface area contributed by atoms with Crippen LogP contribution in [0, 0.1) is 17.3 Å². The first-order chi connectivity index (χ1) is 6.72. The molecule has 1 aliphatic heterocycles. The average Bonchev–Trinajstić information content (AvgIpc) is 2.69. The van der Waals surface area contributed by atoms with Crippen molar-refractivity contribution < 1.29 is 14.6 Å². The molecule has 3 rings (SSSR count). The zero-order valence-corrected chi connectivity index (χ0v) is 8.66. The van der Waals surface area contributed by atoms with Crippen molar-refractivity contribution in [2.45, 2.75) is 32.0 Å². The predicted octanol–water partition coefficient (Wildman–Crippen LogP) is 1.16. The molecule has 0 aromatic heterocycles. The van der Waals surface area contributed by atoms with Crippen molar-refractivity contribution >= 4 is 0 Å². The molecule has 3 heteroatoms. The van der Waals surface area contributed by atoms with Crippen LogP contribution in [0.1, 0.15) is 26.2 Å². The molecule has 1 N–H and O–H groups in total. The summed E-state index contributed by atoms with van der Waals surface area (Å²) in [6.45, 7) is 4.01. The Kier molecular flexibility index (Phi) is 1.77. The Balaban J connectivity index is 1.88. The Morgan fingerprint density at radius 3 is 2.71 bits per heavy atom. The van der Waals surface area contributed by atoms with Gasteiger partial charge in [-0.05, 0) is 18.8 Å². The van der Waals surface area contributed by atoms with E-state index in [1.165, 1.54) is 6.42 Å². The zero-order chi connectivity index (χ0) is 9.81. The van der Waals surface area contributed by atoms with Crippen LogP contribution in [-0.2, 0) is 9.47 Å². The van der Waals surface area contributed by atoms with Gasteiger partial charge < -0.3 is 14.6 Å². The number of aliphatic hydroxyl groups excluding tert-OH is 1. The topological polar surface area (TPSA) is 38.7 Å². The van der Waals surface area contributed by atoms with Crippen LogP contribution < -0.4 is 0 Å². The van der Waals surface area contributed by atoms with Gasteiger partial charge in [-0.2, -0.15) is 0 Å². The highest BCUT2D eigenvalue weighted by atomic mass is 16.7. The van der Waals surface area contributed by atoms with Crippen LogP contribution in [0.4, 0.5) is 0 Å². The lowest BCUT2D eigenvalue weighted by atomic mass is 9.56. The zero-order valence-electron chi connectivity index (χ0n) is 8.66. The first kappa shape index (κ1) is 9.13. The van der Waals surface area contributed by atoms with Gasteiger partial charge in [-0.25, -0.2) is 0 Å². The number of hydrogen-bond donors (Lipinski definition) is 1. The van der Waals surface area contributed by atoms with E-state index in [4.69, 9.17) is 9.47 Å². The second-order valence-corrected chi connectivity index (χ2v) is 5.20. The standard InChI is InChI=1S/C11H18O3/c1-8-2-3-10(7-12)6-11(9(8)10)13-4-5-14-11/h8-9,12H,2-7H2,1H3. The molecule has 3 unspecified atom stereocenters. The minimum Gasteiger partial charge on any atom is -0.396 e. The van der Waals surface area contributed by atoms with Gasteiger partial charge in [0.15, 0.2) is 5.79 Å². The Labute approximate surface area is 84.4 Å². The molecule has 2 saturated carbocycles. The number of aliphatic hydroxyl groups is 1. The average molecular weight is 198 g/mol. The largest absolute Gasteiger partial charge is 0.396 e. The Morgan fingerprint density at radius 2 is 2.07 bits per heavy atom. The molecule has 1 heterocycles. The molecule has 0 radical (unpaired) electrons. The molecule has 0 aromatic carbocycles. The van der Waals surface area contributed by atoms with Crippen LogP contribution in [0.15, 0.2) is 0 Å². The third-order valence-corrected chi connectivity index (χ3v) is 4.49. The summed E-state index contributed by atoms with van der Waals surface area (Å²) in [6.07, 6.45) is 3.26. The minimum atomic E-state index is -0.307. The van der Waals surface area contributed by atoms with Crippen molar-refractivity contribution in [2.24, 2.45) is 17.3 Å².